The maximum atomic E-state index is 5.98. The van der Waals surface area contributed by atoms with E-state index < -0.39 is 0 Å². The second-order valence-electron chi connectivity index (χ2n) is 4.54. The minimum absolute atomic E-state index is 0.685. The summed E-state index contributed by atoms with van der Waals surface area (Å²) in [5.41, 5.74) is 8.25. The number of hydrogen-bond donors (Lipinski definition) is 1. The van der Waals surface area contributed by atoms with Crippen LogP contribution in [0.2, 0.25) is 4.34 Å². The zero-order valence-electron chi connectivity index (χ0n) is 10.5. The van der Waals surface area contributed by atoms with Gasteiger partial charge in [0.05, 0.1) is 10.9 Å². The van der Waals surface area contributed by atoms with Crippen LogP contribution in [0.3, 0.4) is 0 Å². The van der Waals surface area contributed by atoms with Crippen LogP contribution < -0.4 is 5.73 Å². The third-order valence-corrected chi connectivity index (χ3v) is 4.49. The van der Waals surface area contributed by atoms with E-state index in [4.69, 9.17) is 17.3 Å². The van der Waals surface area contributed by atoms with Crippen LogP contribution in [0, 0.1) is 0 Å². The van der Waals surface area contributed by atoms with E-state index >= 15 is 0 Å². The van der Waals surface area contributed by atoms with Crippen LogP contribution in [0.15, 0.2) is 42.6 Å². The normalized spacial score (nSPS) is 11.3. The monoisotopic (exact) mass is 290 g/mol. The molecular formula is C15H15ClN2S. The van der Waals surface area contributed by atoms with Gasteiger partial charge in [0.1, 0.15) is 0 Å². The topological polar surface area (TPSA) is 30.9 Å². The summed E-state index contributed by atoms with van der Waals surface area (Å²) in [6, 6.07) is 12.6. The van der Waals surface area contributed by atoms with Crippen LogP contribution in [0.4, 0.5) is 0 Å². The summed E-state index contributed by atoms with van der Waals surface area (Å²) in [4.78, 5) is 1.27. The van der Waals surface area contributed by atoms with Gasteiger partial charge < -0.3 is 10.3 Å². The van der Waals surface area contributed by atoms with Crippen molar-refractivity contribution in [3.63, 3.8) is 0 Å². The zero-order valence-corrected chi connectivity index (χ0v) is 12.0. The standard InChI is InChI=1S/C15H15ClN2S/c16-15-5-4-12(19-15)10-18-9-7-13-11(6-8-17)2-1-3-14(13)18/h1-5,7,9H,6,8,10,17H2. The highest BCUT2D eigenvalue weighted by Gasteiger charge is 2.06. The molecule has 0 saturated carbocycles. The first-order valence-corrected chi connectivity index (χ1v) is 7.48. The van der Waals surface area contributed by atoms with Crippen molar-refractivity contribution < 1.29 is 0 Å². The second kappa shape index (κ2) is 5.37. The number of nitrogens with two attached hydrogens (primary N) is 1. The molecule has 2 nitrogen and oxygen atoms in total. The Kier molecular flexibility index (Phi) is 3.60. The number of rotatable bonds is 4. The highest BCUT2D eigenvalue weighted by molar-refractivity contribution is 7.16. The molecule has 0 radical (unpaired) electrons. The number of hydrogen-bond acceptors (Lipinski definition) is 2. The van der Waals surface area contributed by atoms with Gasteiger partial charge in [-0.2, -0.15) is 0 Å². The van der Waals surface area contributed by atoms with E-state index in [0.29, 0.717) is 6.54 Å². The van der Waals surface area contributed by atoms with Crippen LogP contribution in [0.5, 0.6) is 0 Å². The number of benzene rings is 1. The molecule has 0 amide bonds. The Bertz CT molecular complexity index is 699. The fourth-order valence-electron chi connectivity index (χ4n) is 2.40. The fraction of sp³-hybridized carbons (Fsp3) is 0.200. The Hall–Kier alpha value is -1.29. The van der Waals surface area contributed by atoms with Crippen LogP contribution in [0.1, 0.15) is 10.4 Å². The number of fused-ring (bicyclic) bond motifs is 1. The van der Waals surface area contributed by atoms with E-state index in [-0.39, 0.29) is 0 Å². The summed E-state index contributed by atoms with van der Waals surface area (Å²) in [7, 11) is 0. The molecule has 19 heavy (non-hydrogen) atoms. The summed E-state index contributed by atoms with van der Waals surface area (Å²) in [6.45, 7) is 1.55. The molecule has 0 bridgehead atoms. The van der Waals surface area contributed by atoms with Crippen molar-refractivity contribution >= 4 is 33.8 Å². The summed E-state index contributed by atoms with van der Waals surface area (Å²) in [6.07, 6.45) is 3.06. The van der Waals surface area contributed by atoms with Crippen molar-refractivity contribution in [3.8, 4) is 0 Å². The molecule has 0 saturated heterocycles. The first-order valence-electron chi connectivity index (χ1n) is 6.29. The van der Waals surface area contributed by atoms with Gasteiger partial charge in [0.2, 0.25) is 0 Å². The van der Waals surface area contributed by atoms with Crippen molar-refractivity contribution in [2.24, 2.45) is 5.73 Å². The fourth-order valence-corrected chi connectivity index (χ4v) is 3.49. The molecule has 0 aliphatic heterocycles. The third kappa shape index (κ3) is 2.54. The Morgan fingerprint density at radius 1 is 1.16 bits per heavy atom. The van der Waals surface area contributed by atoms with E-state index in [0.717, 1.165) is 17.3 Å². The first kappa shape index (κ1) is 12.7. The lowest BCUT2D eigenvalue weighted by molar-refractivity contribution is 0.851. The summed E-state index contributed by atoms with van der Waals surface area (Å²) < 4.78 is 3.10. The zero-order chi connectivity index (χ0) is 13.2. The number of thiophene rings is 1. The van der Waals surface area contributed by atoms with Crippen molar-refractivity contribution in [1.82, 2.24) is 4.57 Å². The van der Waals surface area contributed by atoms with Gasteiger partial charge in [-0.1, -0.05) is 23.7 Å². The van der Waals surface area contributed by atoms with E-state index in [1.807, 2.05) is 6.07 Å². The molecule has 98 valence electrons. The van der Waals surface area contributed by atoms with E-state index in [1.165, 1.54) is 21.3 Å². The molecule has 0 fully saturated rings. The number of aromatic nitrogens is 1. The van der Waals surface area contributed by atoms with E-state index in [1.54, 1.807) is 11.3 Å². The van der Waals surface area contributed by atoms with Gasteiger partial charge in [-0.05, 0) is 42.8 Å². The van der Waals surface area contributed by atoms with Gasteiger partial charge in [0.15, 0.2) is 0 Å². The van der Waals surface area contributed by atoms with Crippen molar-refractivity contribution in [2.75, 3.05) is 6.54 Å². The van der Waals surface area contributed by atoms with Crippen molar-refractivity contribution in [1.29, 1.82) is 0 Å². The molecule has 0 atom stereocenters. The molecule has 2 heterocycles. The lowest BCUT2D eigenvalue weighted by atomic mass is 10.1. The van der Waals surface area contributed by atoms with E-state index in [2.05, 4.69) is 41.1 Å². The van der Waals surface area contributed by atoms with Gasteiger partial charge in [0, 0.05) is 22.0 Å². The molecule has 0 aliphatic carbocycles. The van der Waals surface area contributed by atoms with Crippen LogP contribution in [0.25, 0.3) is 10.9 Å². The SMILES string of the molecule is NCCc1cccc2c1ccn2Cc1ccc(Cl)s1. The van der Waals surface area contributed by atoms with Crippen molar-refractivity contribution in [2.45, 2.75) is 13.0 Å². The van der Waals surface area contributed by atoms with Crippen LogP contribution >= 0.6 is 22.9 Å². The van der Waals surface area contributed by atoms with Crippen molar-refractivity contribution in [3.05, 3.63) is 57.4 Å². The molecule has 1 aromatic carbocycles. The second-order valence-corrected chi connectivity index (χ2v) is 6.34. The maximum absolute atomic E-state index is 5.98. The molecule has 0 unspecified atom stereocenters. The average molecular weight is 291 g/mol. The minimum atomic E-state index is 0.685. The maximum Gasteiger partial charge on any atom is 0.0931 e. The van der Waals surface area contributed by atoms with Gasteiger partial charge in [-0.3, -0.25) is 0 Å². The molecule has 0 spiro atoms. The lowest BCUT2D eigenvalue weighted by Crippen LogP contribution is -2.03. The largest absolute Gasteiger partial charge is 0.342 e. The van der Waals surface area contributed by atoms with Crippen LogP contribution in [-0.2, 0) is 13.0 Å². The average Bonchev–Trinajstić information content (AvgIpc) is 2.99. The molecule has 2 aromatic heterocycles. The predicted octanol–water partition coefficient (Wildman–Crippen LogP) is 3.91. The molecular weight excluding hydrogens is 276 g/mol. The Labute approximate surface area is 121 Å². The Morgan fingerprint density at radius 2 is 2.05 bits per heavy atom. The van der Waals surface area contributed by atoms with Gasteiger partial charge in [-0.15, -0.1) is 11.3 Å². The highest BCUT2D eigenvalue weighted by atomic mass is 35.5. The smallest absolute Gasteiger partial charge is 0.0931 e. The number of nitrogens with zero attached hydrogens (tertiary/aromatic N) is 1. The highest BCUT2D eigenvalue weighted by Crippen LogP contribution is 2.25. The van der Waals surface area contributed by atoms with Gasteiger partial charge >= 0.3 is 0 Å². The summed E-state index contributed by atoms with van der Waals surface area (Å²) >= 11 is 7.61. The summed E-state index contributed by atoms with van der Waals surface area (Å²) in [5.74, 6) is 0. The van der Waals surface area contributed by atoms with Gasteiger partial charge in [-0.25, -0.2) is 0 Å². The first-order chi connectivity index (χ1) is 9.28. The third-order valence-electron chi connectivity index (χ3n) is 3.27. The molecule has 0 aliphatic rings. The van der Waals surface area contributed by atoms with Gasteiger partial charge in [0.25, 0.3) is 0 Å². The predicted molar refractivity (Wildman–Crippen MR) is 83.1 cm³/mol. The molecule has 4 heteroatoms. The molecule has 2 N–H and O–H groups in total. The molecule has 3 rings (SSSR count). The Balaban J connectivity index is 1.98. The van der Waals surface area contributed by atoms with Crippen LogP contribution in [-0.4, -0.2) is 11.1 Å². The minimum Gasteiger partial charge on any atom is -0.342 e. The van der Waals surface area contributed by atoms with E-state index in [9.17, 15) is 0 Å². The Morgan fingerprint density at radius 3 is 2.79 bits per heavy atom. The molecule has 3 aromatic rings. The lowest BCUT2D eigenvalue weighted by Gasteiger charge is -2.05. The quantitative estimate of drug-likeness (QED) is 0.776. The number of halogens is 1. The summed E-state index contributed by atoms with van der Waals surface area (Å²) in [5, 5.41) is 1.30.